The molecule has 0 saturated carbocycles. The van der Waals surface area contributed by atoms with Crippen molar-refractivity contribution in [3.05, 3.63) is 89.1 Å². The molecule has 2 heterocycles. The van der Waals surface area contributed by atoms with Gasteiger partial charge in [0.2, 0.25) is 0 Å². The number of furan rings is 1. The third kappa shape index (κ3) is 4.01. The van der Waals surface area contributed by atoms with Crippen molar-refractivity contribution in [1.82, 2.24) is 9.88 Å². The van der Waals surface area contributed by atoms with E-state index >= 15 is 0 Å². The third-order valence-corrected chi connectivity index (χ3v) is 4.79. The molecule has 6 heteroatoms. The fraction of sp³-hybridized carbons (Fsp3) is 0.174. The zero-order valence-electron chi connectivity index (χ0n) is 16.2. The van der Waals surface area contributed by atoms with Crippen LogP contribution in [0.4, 0.5) is 4.39 Å². The van der Waals surface area contributed by atoms with E-state index < -0.39 is 0 Å². The largest absolute Gasteiger partial charge is 0.497 e. The Morgan fingerprint density at radius 2 is 1.90 bits per heavy atom. The van der Waals surface area contributed by atoms with E-state index in [2.05, 4.69) is 5.32 Å². The molecule has 0 unspecified atom stereocenters. The molecule has 0 aliphatic carbocycles. The van der Waals surface area contributed by atoms with Crippen molar-refractivity contribution in [1.29, 1.82) is 0 Å². The zero-order valence-corrected chi connectivity index (χ0v) is 16.2. The van der Waals surface area contributed by atoms with Crippen LogP contribution in [0.1, 0.15) is 27.4 Å². The first kappa shape index (κ1) is 18.8. The second-order valence-corrected chi connectivity index (χ2v) is 6.88. The number of hydrogen-bond acceptors (Lipinski definition) is 3. The Hall–Kier alpha value is -3.54. The molecular formula is C23H21FN2O3. The van der Waals surface area contributed by atoms with Gasteiger partial charge in [-0.3, -0.25) is 4.79 Å². The SMILES string of the molecule is COc1cccc(Cn2c(C(=O)NCc3ccc(F)cc3)cc3oc(C)cc32)c1. The molecule has 4 rings (SSSR count). The number of benzene rings is 2. The van der Waals surface area contributed by atoms with Crippen molar-refractivity contribution in [3.8, 4) is 5.75 Å². The van der Waals surface area contributed by atoms with Crippen LogP contribution in [-0.2, 0) is 13.1 Å². The van der Waals surface area contributed by atoms with Crippen molar-refractivity contribution in [2.24, 2.45) is 0 Å². The number of hydrogen-bond donors (Lipinski definition) is 1. The van der Waals surface area contributed by atoms with Crippen molar-refractivity contribution in [2.45, 2.75) is 20.0 Å². The van der Waals surface area contributed by atoms with Crippen molar-refractivity contribution in [2.75, 3.05) is 7.11 Å². The van der Waals surface area contributed by atoms with Gasteiger partial charge in [0.05, 0.1) is 12.6 Å². The van der Waals surface area contributed by atoms with E-state index in [4.69, 9.17) is 9.15 Å². The summed E-state index contributed by atoms with van der Waals surface area (Å²) >= 11 is 0. The van der Waals surface area contributed by atoms with E-state index in [9.17, 15) is 9.18 Å². The molecule has 0 aliphatic rings. The Morgan fingerprint density at radius 1 is 1.10 bits per heavy atom. The molecule has 0 saturated heterocycles. The minimum Gasteiger partial charge on any atom is -0.497 e. The van der Waals surface area contributed by atoms with Gasteiger partial charge >= 0.3 is 0 Å². The fourth-order valence-electron chi connectivity index (χ4n) is 3.35. The van der Waals surface area contributed by atoms with Crippen molar-refractivity contribution in [3.63, 3.8) is 0 Å². The standard InChI is InChI=1S/C23H21FN2O3/c1-15-10-20-22(29-15)12-21(23(27)25-13-16-6-8-18(24)9-7-16)26(20)14-17-4-3-5-19(11-17)28-2/h3-12H,13-14H2,1-2H3,(H,25,27). The Morgan fingerprint density at radius 3 is 2.66 bits per heavy atom. The molecule has 0 fully saturated rings. The number of amides is 1. The number of halogens is 1. The summed E-state index contributed by atoms with van der Waals surface area (Å²) in [6.07, 6.45) is 0. The van der Waals surface area contributed by atoms with Crippen LogP contribution in [0.5, 0.6) is 5.75 Å². The Bertz CT molecular complexity index is 1160. The number of aromatic nitrogens is 1. The molecule has 1 amide bonds. The average Bonchev–Trinajstić information content (AvgIpc) is 3.24. The monoisotopic (exact) mass is 392 g/mol. The minimum atomic E-state index is -0.303. The number of fused-ring (bicyclic) bond motifs is 1. The highest BCUT2D eigenvalue weighted by molar-refractivity contribution is 5.97. The van der Waals surface area contributed by atoms with E-state index in [0.29, 0.717) is 24.4 Å². The van der Waals surface area contributed by atoms with E-state index in [1.165, 1.54) is 12.1 Å². The van der Waals surface area contributed by atoms with Gasteiger partial charge in [-0.25, -0.2) is 4.39 Å². The third-order valence-electron chi connectivity index (χ3n) is 4.79. The molecule has 0 atom stereocenters. The van der Waals surface area contributed by atoms with Crippen molar-refractivity contribution < 1.29 is 18.3 Å². The lowest BCUT2D eigenvalue weighted by atomic mass is 10.2. The molecule has 2 aromatic heterocycles. The minimum absolute atomic E-state index is 0.221. The zero-order chi connectivity index (χ0) is 20.4. The second kappa shape index (κ2) is 7.83. The summed E-state index contributed by atoms with van der Waals surface area (Å²) < 4.78 is 26.0. The molecule has 0 spiro atoms. The fourth-order valence-corrected chi connectivity index (χ4v) is 3.35. The lowest BCUT2D eigenvalue weighted by Gasteiger charge is -2.12. The molecule has 0 radical (unpaired) electrons. The number of carbonyl (C=O) groups is 1. The normalized spacial score (nSPS) is 11.0. The second-order valence-electron chi connectivity index (χ2n) is 6.88. The number of ether oxygens (including phenoxy) is 1. The number of nitrogens with zero attached hydrogens (tertiary/aromatic N) is 1. The van der Waals surface area contributed by atoms with Gasteiger partial charge in [0, 0.05) is 25.2 Å². The van der Waals surface area contributed by atoms with Gasteiger partial charge in [-0.2, -0.15) is 0 Å². The van der Waals surface area contributed by atoms with Gasteiger partial charge in [0.1, 0.15) is 23.0 Å². The summed E-state index contributed by atoms with van der Waals surface area (Å²) in [5.74, 6) is 1.02. The van der Waals surface area contributed by atoms with Crippen LogP contribution >= 0.6 is 0 Å². The van der Waals surface area contributed by atoms with Crippen LogP contribution in [0.3, 0.4) is 0 Å². The quantitative estimate of drug-likeness (QED) is 0.519. The maximum absolute atomic E-state index is 13.1. The summed E-state index contributed by atoms with van der Waals surface area (Å²) in [5, 5.41) is 2.90. The van der Waals surface area contributed by atoms with Crippen LogP contribution in [-0.4, -0.2) is 17.6 Å². The topological polar surface area (TPSA) is 56.4 Å². The van der Waals surface area contributed by atoms with Crippen LogP contribution in [0, 0.1) is 12.7 Å². The molecule has 4 aromatic rings. The number of nitrogens with one attached hydrogen (secondary N) is 1. The molecule has 0 aliphatic heterocycles. The van der Waals surface area contributed by atoms with Crippen molar-refractivity contribution >= 4 is 17.0 Å². The summed E-state index contributed by atoms with van der Waals surface area (Å²) in [7, 11) is 1.63. The molecule has 29 heavy (non-hydrogen) atoms. The highest BCUT2D eigenvalue weighted by Crippen LogP contribution is 2.25. The van der Waals surface area contributed by atoms with Gasteiger partial charge < -0.3 is 19.0 Å². The maximum atomic E-state index is 13.1. The van der Waals surface area contributed by atoms with Crippen LogP contribution in [0.15, 0.2) is 65.1 Å². The van der Waals surface area contributed by atoms with E-state index in [1.807, 2.05) is 41.8 Å². The number of carbonyl (C=O) groups excluding carboxylic acids is 1. The predicted molar refractivity (Wildman–Crippen MR) is 109 cm³/mol. The predicted octanol–water partition coefficient (Wildman–Crippen LogP) is 4.67. The highest BCUT2D eigenvalue weighted by atomic mass is 19.1. The maximum Gasteiger partial charge on any atom is 0.268 e. The summed E-state index contributed by atoms with van der Waals surface area (Å²) in [6, 6.07) is 17.5. The molecule has 5 nitrogen and oxygen atoms in total. The van der Waals surface area contributed by atoms with Gasteiger partial charge in [-0.1, -0.05) is 24.3 Å². The van der Waals surface area contributed by atoms with E-state index in [0.717, 1.165) is 28.2 Å². The van der Waals surface area contributed by atoms with Gasteiger partial charge in [0.15, 0.2) is 5.58 Å². The Kier molecular flexibility index (Phi) is 5.08. The summed E-state index contributed by atoms with van der Waals surface area (Å²) in [5.41, 5.74) is 3.86. The lowest BCUT2D eigenvalue weighted by Crippen LogP contribution is -2.25. The first-order chi connectivity index (χ1) is 14.0. The number of aryl methyl sites for hydroxylation is 1. The molecule has 148 valence electrons. The highest BCUT2D eigenvalue weighted by Gasteiger charge is 2.18. The molecule has 2 aromatic carbocycles. The number of methoxy groups -OCH3 is 1. The molecular weight excluding hydrogens is 371 g/mol. The van der Waals surface area contributed by atoms with E-state index in [1.54, 1.807) is 25.3 Å². The summed E-state index contributed by atoms with van der Waals surface area (Å²) in [4.78, 5) is 12.9. The van der Waals surface area contributed by atoms with E-state index in [-0.39, 0.29) is 11.7 Å². The Labute approximate surface area is 167 Å². The number of rotatable bonds is 6. The van der Waals surface area contributed by atoms with Gasteiger partial charge in [0.25, 0.3) is 5.91 Å². The van der Waals surface area contributed by atoms with Crippen LogP contribution in [0.25, 0.3) is 11.1 Å². The molecule has 1 N–H and O–H groups in total. The first-order valence-electron chi connectivity index (χ1n) is 9.29. The lowest BCUT2D eigenvalue weighted by molar-refractivity contribution is 0.0942. The van der Waals surface area contributed by atoms with Gasteiger partial charge in [-0.05, 0) is 42.3 Å². The van der Waals surface area contributed by atoms with Crippen LogP contribution in [0.2, 0.25) is 0 Å². The summed E-state index contributed by atoms with van der Waals surface area (Å²) in [6.45, 7) is 2.69. The Balaban J connectivity index is 1.62. The smallest absolute Gasteiger partial charge is 0.268 e. The first-order valence-corrected chi connectivity index (χ1v) is 9.29. The van der Waals surface area contributed by atoms with Gasteiger partial charge in [-0.15, -0.1) is 0 Å². The average molecular weight is 392 g/mol. The molecule has 0 bridgehead atoms. The van der Waals surface area contributed by atoms with Crippen LogP contribution < -0.4 is 10.1 Å².